The summed E-state index contributed by atoms with van der Waals surface area (Å²) < 4.78 is 28.0. The first-order valence-electron chi connectivity index (χ1n) is 7.34. The number of sulfonamides is 1. The number of rotatable bonds is 5. The highest BCUT2D eigenvalue weighted by Gasteiger charge is 2.31. The van der Waals surface area contributed by atoms with Crippen molar-refractivity contribution >= 4 is 31.8 Å². The minimum Gasteiger partial charge on any atom is -0.369 e. The lowest BCUT2D eigenvalue weighted by atomic mass is 9.96. The van der Waals surface area contributed by atoms with E-state index < -0.39 is 10.0 Å². The molecule has 5 nitrogen and oxygen atoms in total. The summed E-state index contributed by atoms with van der Waals surface area (Å²) in [6, 6.07) is 1.72. The molecule has 7 heteroatoms. The molecule has 0 atom stereocenters. The fourth-order valence-corrected chi connectivity index (χ4v) is 4.76. The van der Waals surface area contributed by atoms with Crippen LogP contribution in [-0.2, 0) is 10.0 Å². The van der Waals surface area contributed by atoms with Crippen molar-refractivity contribution in [3.8, 4) is 0 Å². The smallest absolute Gasteiger partial charge is 0.246 e. The van der Waals surface area contributed by atoms with Gasteiger partial charge in [0, 0.05) is 30.3 Å². The number of anilines is 1. The van der Waals surface area contributed by atoms with E-state index in [2.05, 4.69) is 26.2 Å². The Hall–Kier alpha value is -0.660. The van der Waals surface area contributed by atoms with Gasteiger partial charge in [-0.2, -0.15) is 4.31 Å². The first kappa shape index (κ1) is 16.7. The maximum atomic E-state index is 12.9. The highest BCUT2D eigenvalue weighted by Crippen LogP contribution is 2.30. The quantitative estimate of drug-likeness (QED) is 0.857. The van der Waals surface area contributed by atoms with E-state index in [4.69, 9.17) is 0 Å². The molecule has 1 heterocycles. The molecule has 1 aromatic rings. The van der Waals surface area contributed by atoms with Crippen LogP contribution in [0.3, 0.4) is 0 Å². The molecule has 0 aliphatic heterocycles. The van der Waals surface area contributed by atoms with Crippen LogP contribution >= 0.6 is 15.9 Å². The van der Waals surface area contributed by atoms with Crippen molar-refractivity contribution in [2.45, 2.75) is 50.0 Å². The first-order valence-corrected chi connectivity index (χ1v) is 9.57. The molecule has 0 unspecified atom stereocenters. The number of nitrogens with one attached hydrogen (secondary N) is 1. The van der Waals surface area contributed by atoms with Crippen LogP contribution in [0, 0.1) is 0 Å². The van der Waals surface area contributed by atoms with E-state index >= 15 is 0 Å². The second-order valence-corrected chi connectivity index (χ2v) is 8.23. The maximum absolute atomic E-state index is 12.9. The molecule has 1 saturated carbocycles. The van der Waals surface area contributed by atoms with Crippen LogP contribution in [0.4, 0.5) is 5.82 Å². The van der Waals surface area contributed by atoms with E-state index in [1.807, 2.05) is 6.92 Å². The van der Waals surface area contributed by atoms with Crippen molar-refractivity contribution in [3.05, 3.63) is 16.7 Å². The summed E-state index contributed by atoms with van der Waals surface area (Å²) in [5.41, 5.74) is 0. The highest BCUT2D eigenvalue weighted by atomic mass is 79.9. The van der Waals surface area contributed by atoms with Gasteiger partial charge < -0.3 is 5.32 Å². The second kappa shape index (κ2) is 7.07. The van der Waals surface area contributed by atoms with Gasteiger partial charge in [0.05, 0.1) is 0 Å². The van der Waals surface area contributed by atoms with Gasteiger partial charge in [-0.1, -0.05) is 19.3 Å². The van der Waals surface area contributed by atoms with Gasteiger partial charge in [-0.15, -0.1) is 0 Å². The molecule has 0 aromatic carbocycles. The lowest BCUT2D eigenvalue weighted by molar-refractivity contribution is 0.286. The Kier molecular flexibility index (Phi) is 5.62. The van der Waals surface area contributed by atoms with E-state index in [0.717, 1.165) is 25.7 Å². The number of pyridine rings is 1. The van der Waals surface area contributed by atoms with Crippen LogP contribution in [0.1, 0.15) is 39.0 Å². The Morgan fingerprint density at radius 2 is 2.05 bits per heavy atom. The van der Waals surface area contributed by atoms with Crippen molar-refractivity contribution < 1.29 is 8.42 Å². The van der Waals surface area contributed by atoms with Gasteiger partial charge >= 0.3 is 0 Å². The van der Waals surface area contributed by atoms with Crippen LogP contribution in [0.2, 0.25) is 0 Å². The van der Waals surface area contributed by atoms with E-state index in [-0.39, 0.29) is 10.9 Å². The van der Waals surface area contributed by atoms with Gasteiger partial charge in [-0.3, -0.25) is 0 Å². The molecule has 0 bridgehead atoms. The predicted molar refractivity (Wildman–Crippen MR) is 87.9 cm³/mol. The minimum atomic E-state index is -3.54. The highest BCUT2D eigenvalue weighted by molar-refractivity contribution is 9.10. The second-order valence-electron chi connectivity index (χ2n) is 5.34. The zero-order valence-corrected chi connectivity index (χ0v) is 14.9. The van der Waals surface area contributed by atoms with Crippen LogP contribution in [0.25, 0.3) is 0 Å². The monoisotopic (exact) mass is 375 g/mol. The molecular formula is C14H22BrN3O2S. The summed E-state index contributed by atoms with van der Waals surface area (Å²) in [7, 11) is -1.85. The third-order valence-electron chi connectivity index (χ3n) is 3.91. The predicted octanol–water partition coefficient (Wildman–Crippen LogP) is 3.23. The molecule has 21 heavy (non-hydrogen) atoms. The summed E-state index contributed by atoms with van der Waals surface area (Å²) in [6.07, 6.45) is 6.88. The van der Waals surface area contributed by atoms with Crippen LogP contribution < -0.4 is 5.32 Å². The molecule has 1 aliphatic carbocycles. The van der Waals surface area contributed by atoms with Gasteiger partial charge in [0.1, 0.15) is 10.7 Å². The van der Waals surface area contributed by atoms with E-state index in [9.17, 15) is 8.42 Å². The van der Waals surface area contributed by atoms with Crippen LogP contribution in [0.15, 0.2) is 21.6 Å². The van der Waals surface area contributed by atoms with E-state index in [0.29, 0.717) is 16.8 Å². The van der Waals surface area contributed by atoms with Crippen molar-refractivity contribution in [2.75, 3.05) is 18.9 Å². The number of halogens is 1. The molecule has 1 fully saturated rings. The Labute approximate surface area is 135 Å². The van der Waals surface area contributed by atoms with E-state index in [1.165, 1.54) is 10.7 Å². The number of nitrogens with zero attached hydrogens (tertiary/aromatic N) is 2. The zero-order valence-electron chi connectivity index (χ0n) is 12.5. The fraction of sp³-hybridized carbons (Fsp3) is 0.643. The molecule has 1 aromatic heterocycles. The average Bonchev–Trinajstić information content (AvgIpc) is 2.49. The molecule has 0 saturated heterocycles. The summed E-state index contributed by atoms with van der Waals surface area (Å²) in [6.45, 7) is 2.55. The summed E-state index contributed by atoms with van der Waals surface area (Å²) in [4.78, 5) is 4.44. The van der Waals surface area contributed by atoms with E-state index in [1.54, 1.807) is 19.3 Å². The SMILES string of the molecule is CCNc1ncc(Br)cc1S(=O)(=O)N(C)C1CCCCC1. The molecule has 2 rings (SSSR count). The fourth-order valence-electron chi connectivity index (χ4n) is 2.71. The number of hydrogen-bond donors (Lipinski definition) is 1. The zero-order chi connectivity index (χ0) is 15.5. The van der Waals surface area contributed by atoms with Gasteiger partial charge in [0.25, 0.3) is 0 Å². The molecule has 1 aliphatic rings. The number of aromatic nitrogens is 1. The lowest BCUT2D eigenvalue weighted by Crippen LogP contribution is -2.38. The molecule has 0 amide bonds. The van der Waals surface area contributed by atoms with Gasteiger partial charge in [0.15, 0.2) is 0 Å². The topological polar surface area (TPSA) is 62.3 Å². The molecular weight excluding hydrogens is 354 g/mol. The van der Waals surface area contributed by atoms with Crippen molar-refractivity contribution in [3.63, 3.8) is 0 Å². The standard InChI is InChI=1S/C14H22BrN3O2S/c1-3-16-14-13(9-11(15)10-17-14)21(19,20)18(2)12-7-5-4-6-8-12/h9-10,12H,3-8H2,1-2H3,(H,16,17). The third kappa shape index (κ3) is 3.76. The van der Waals surface area contributed by atoms with Crippen molar-refractivity contribution in [1.29, 1.82) is 0 Å². The maximum Gasteiger partial charge on any atom is 0.246 e. The Bertz CT molecular complexity index is 586. The average molecular weight is 376 g/mol. The minimum absolute atomic E-state index is 0.0946. The van der Waals surface area contributed by atoms with Gasteiger partial charge in [-0.25, -0.2) is 13.4 Å². The molecule has 1 N–H and O–H groups in total. The van der Waals surface area contributed by atoms with Crippen molar-refractivity contribution in [1.82, 2.24) is 9.29 Å². The normalized spacial score (nSPS) is 17.1. The van der Waals surface area contributed by atoms with Gasteiger partial charge in [0.2, 0.25) is 10.0 Å². The largest absolute Gasteiger partial charge is 0.369 e. The van der Waals surface area contributed by atoms with Crippen LogP contribution in [0.5, 0.6) is 0 Å². The Balaban J connectivity index is 2.35. The summed E-state index contributed by atoms with van der Waals surface area (Å²) >= 11 is 3.31. The summed E-state index contributed by atoms with van der Waals surface area (Å²) in [5.74, 6) is 0.420. The van der Waals surface area contributed by atoms with Crippen LogP contribution in [-0.4, -0.2) is 37.3 Å². The number of hydrogen-bond acceptors (Lipinski definition) is 4. The lowest BCUT2D eigenvalue weighted by Gasteiger charge is -2.30. The first-order chi connectivity index (χ1) is 9.96. The molecule has 118 valence electrons. The molecule has 0 radical (unpaired) electrons. The van der Waals surface area contributed by atoms with Gasteiger partial charge in [-0.05, 0) is 41.8 Å². The molecule has 0 spiro atoms. The summed E-state index contributed by atoms with van der Waals surface area (Å²) in [5, 5.41) is 3.03. The third-order valence-corrected chi connectivity index (χ3v) is 6.27. The van der Waals surface area contributed by atoms with Crippen molar-refractivity contribution in [2.24, 2.45) is 0 Å². The Morgan fingerprint density at radius 1 is 1.38 bits per heavy atom. The Morgan fingerprint density at radius 3 is 2.67 bits per heavy atom.